The number of rotatable bonds is 4. The Labute approximate surface area is 152 Å². The number of piperazine rings is 1. The van der Waals surface area contributed by atoms with Gasteiger partial charge in [-0.1, -0.05) is 41.9 Å². The molecule has 0 aromatic heterocycles. The van der Waals surface area contributed by atoms with E-state index in [0.29, 0.717) is 18.8 Å². The second-order valence-electron chi connectivity index (χ2n) is 6.12. The van der Waals surface area contributed by atoms with Crippen LogP contribution in [0.3, 0.4) is 0 Å². The standard InChI is InChI=1S/C19H21ClFN3O/c20-17-14-16(21)6-7-18(17)22-19(25)24-12-10-23(11-13-24)9-8-15-4-2-1-3-5-15/h1-7,14H,8-13H2,(H,22,25). The summed E-state index contributed by atoms with van der Waals surface area (Å²) in [6, 6.07) is 14.2. The van der Waals surface area contributed by atoms with E-state index in [9.17, 15) is 9.18 Å². The molecule has 4 nitrogen and oxygen atoms in total. The van der Waals surface area contributed by atoms with Crippen LogP contribution in [0, 0.1) is 5.82 Å². The molecule has 0 spiro atoms. The van der Waals surface area contributed by atoms with Crippen LogP contribution in [0.4, 0.5) is 14.9 Å². The van der Waals surface area contributed by atoms with Gasteiger partial charge in [-0.05, 0) is 30.2 Å². The molecule has 2 amide bonds. The van der Waals surface area contributed by atoms with Crippen molar-refractivity contribution in [3.05, 3.63) is 64.9 Å². The maximum Gasteiger partial charge on any atom is 0.321 e. The van der Waals surface area contributed by atoms with E-state index in [2.05, 4.69) is 34.5 Å². The maximum absolute atomic E-state index is 13.1. The van der Waals surface area contributed by atoms with E-state index in [1.165, 1.54) is 23.8 Å². The highest BCUT2D eigenvalue weighted by Crippen LogP contribution is 2.22. The Kier molecular flexibility index (Phi) is 5.89. The summed E-state index contributed by atoms with van der Waals surface area (Å²) >= 11 is 5.95. The molecule has 2 aromatic carbocycles. The lowest BCUT2D eigenvalue weighted by atomic mass is 10.1. The van der Waals surface area contributed by atoms with Crippen molar-refractivity contribution in [1.82, 2.24) is 9.80 Å². The van der Waals surface area contributed by atoms with Gasteiger partial charge in [0, 0.05) is 32.7 Å². The van der Waals surface area contributed by atoms with Crippen molar-refractivity contribution in [2.24, 2.45) is 0 Å². The minimum absolute atomic E-state index is 0.198. The number of nitrogens with one attached hydrogen (secondary N) is 1. The third-order valence-electron chi connectivity index (χ3n) is 4.39. The Morgan fingerprint density at radius 3 is 2.48 bits per heavy atom. The van der Waals surface area contributed by atoms with E-state index in [1.807, 2.05) is 6.07 Å². The molecule has 0 atom stereocenters. The Morgan fingerprint density at radius 2 is 1.80 bits per heavy atom. The highest BCUT2D eigenvalue weighted by Gasteiger charge is 2.21. The summed E-state index contributed by atoms with van der Waals surface area (Å²) in [6.45, 7) is 4.01. The molecule has 0 unspecified atom stereocenters. The number of hydrogen-bond acceptors (Lipinski definition) is 2. The van der Waals surface area contributed by atoms with Crippen LogP contribution in [0.1, 0.15) is 5.56 Å². The van der Waals surface area contributed by atoms with Crippen LogP contribution in [-0.4, -0.2) is 48.6 Å². The van der Waals surface area contributed by atoms with Gasteiger partial charge in [-0.15, -0.1) is 0 Å². The Bertz CT molecular complexity index is 718. The second kappa shape index (κ2) is 8.32. The summed E-state index contributed by atoms with van der Waals surface area (Å²) < 4.78 is 13.1. The van der Waals surface area contributed by atoms with Gasteiger partial charge in [0.1, 0.15) is 5.82 Å². The SMILES string of the molecule is O=C(Nc1ccc(F)cc1Cl)N1CCN(CCc2ccccc2)CC1. The molecule has 2 aromatic rings. The summed E-state index contributed by atoms with van der Waals surface area (Å²) in [7, 11) is 0. The minimum Gasteiger partial charge on any atom is -0.322 e. The van der Waals surface area contributed by atoms with Gasteiger partial charge in [0.25, 0.3) is 0 Å². The van der Waals surface area contributed by atoms with Crippen molar-refractivity contribution in [3.8, 4) is 0 Å². The first-order valence-electron chi connectivity index (χ1n) is 8.39. The molecule has 1 fully saturated rings. The number of carbonyl (C=O) groups is 1. The van der Waals surface area contributed by atoms with Crippen molar-refractivity contribution in [2.75, 3.05) is 38.0 Å². The van der Waals surface area contributed by atoms with Gasteiger partial charge >= 0.3 is 6.03 Å². The third-order valence-corrected chi connectivity index (χ3v) is 4.70. The van der Waals surface area contributed by atoms with E-state index in [4.69, 9.17) is 11.6 Å². The number of hydrogen-bond donors (Lipinski definition) is 1. The molecule has 1 aliphatic heterocycles. The van der Waals surface area contributed by atoms with Crippen LogP contribution in [0.15, 0.2) is 48.5 Å². The first kappa shape index (κ1) is 17.7. The highest BCUT2D eigenvalue weighted by atomic mass is 35.5. The van der Waals surface area contributed by atoms with E-state index < -0.39 is 5.82 Å². The third kappa shape index (κ3) is 4.94. The second-order valence-corrected chi connectivity index (χ2v) is 6.53. The number of anilines is 1. The van der Waals surface area contributed by atoms with Gasteiger partial charge in [-0.2, -0.15) is 0 Å². The van der Waals surface area contributed by atoms with Crippen molar-refractivity contribution in [1.29, 1.82) is 0 Å². The largest absolute Gasteiger partial charge is 0.322 e. The lowest BCUT2D eigenvalue weighted by Gasteiger charge is -2.34. The first-order valence-corrected chi connectivity index (χ1v) is 8.77. The van der Waals surface area contributed by atoms with Gasteiger partial charge in [0.2, 0.25) is 0 Å². The summed E-state index contributed by atoms with van der Waals surface area (Å²) in [5.74, 6) is -0.421. The molecule has 0 saturated carbocycles. The summed E-state index contributed by atoms with van der Waals surface area (Å²) in [6.07, 6.45) is 1.01. The molecule has 6 heteroatoms. The maximum atomic E-state index is 13.1. The number of benzene rings is 2. The topological polar surface area (TPSA) is 35.6 Å². The predicted octanol–water partition coefficient (Wildman–Crippen LogP) is 3.87. The van der Waals surface area contributed by atoms with E-state index in [1.54, 1.807) is 4.90 Å². The average Bonchev–Trinajstić information content (AvgIpc) is 2.63. The van der Waals surface area contributed by atoms with Gasteiger partial charge < -0.3 is 10.2 Å². The molecular weight excluding hydrogens is 341 g/mol. The molecule has 25 heavy (non-hydrogen) atoms. The fourth-order valence-electron chi connectivity index (χ4n) is 2.89. The van der Waals surface area contributed by atoms with Crippen molar-refractivity contribution in [3.63, 3.8) is 0 Å². The van der Waals surface area contributed by atoms with E-state index in [0.717, 1.165) is 26.1 Å². The van der Waals surface area contributed by atoms with Gasteiger partial charge in [0.05, 0.1) is 10.7 Å². The zero-order valence-corrected chi connectivity index (χ0v) is 14.7. The molecular formula is C19H21ClFN3O. The Morgan fingerprint density at radius 1 is 1.08 bits per heavy atom. The van der Waals surface area contributed by atoms with Gasteiger partial charge in [0.15, 0.2) is 0 Å². The summed E-state index contributed by atoms with van der Waals surface area (Å²) in [5, 5.41) is 2.95. The van der Waals surface area contributed by atoms with Crippen LogP contribution in [0.2, 0.25) is 5.02 Å². The molecule has 1 N–H and O–H groups in total. The molecule has 132 valence electrons. The first-order chi connectivity index (χ1) is 12.1. The normalized spacial score (nSPS) is 15.2. The van der Waals surface area contributed by atoms with Crippen LogP contribution >= 0.6 is 11.6 Å². The smallest absolute Gasteiger partial charge is 0.321 e. The minimum atomic E-state index is -0.421. The zero-order valence-electron chi connectivity index (χ0n) is 13.9. The van der Waals surface area contributed by atoms with Crippen molar-refractivity contribution >= 4 is 23.3 Å². The molecule has 3 rings (SSSR count). The van der Waals surface area contributed by atoms with Crippen molar-refractivity contribution < 1.29 is 9.18 Å². The molecule has 1 heterocycles. The fraction of sp³-hybridized carbons (Fsp3) is 0.316. The van der Waals surface area contributed by atoms with Crippen LogP contribution < -0.4 is 5.32 Å². The van der Waals surface area contributed by atoms with E-state index in [-0.39, 0.29) is 11.1 Å². The summed E-state index contributed by atoms with van der Waals surface area (Å²) in [4.78, 5) is 16.5. The van der Waals surface area contributed by atoms with Gasteiger partial charge in [-0.25, -0.2) is 9.18 Å². The Hall–Kier alpha value is -2.11. The molecule has 1 aliphatic rings. The van der Waals surface area contributed by atoms with Crippen molar-refractivity contribution in [2.45, 2.75) is 6.42 Å². The number of halogens is 2. The highest BCUT2D eigenvalue weighted by molar-refractivity contribution is 6.33. The zero-order chi connectivity index (χ0) is 17.6. The number of carbonyl (C=O) groups excluding carboxylic acids is 1. The number of urea groups is 1. The Balaban J connectivity index is 1.46. The fourth-order valence-corrected chi connectivity index (χ4v) is 3.11. The predicted molar refractivity (Wildman–Crippen MR) is 98.6 cm³/mol. The quantitative estimate of drug-likeness (QED) is 0.897. The van der Waals surface area contributed by atoms with Crippen LogP contribution in [0.25, 0.3) is 0 Å². The van der Waals surface area contributed by atoms with Gasteiger partial charge in [-0.3, -0.25) is 4.90 Å². The van der Waals surface area contributed by atoms with Crippen LogP contribution in [-0.2, 0) is 6.42 Å². The average molecular weight is 362 g/mol. The van der Waals surface area contributed by atoms with Crippen LogP contribution in [0.5, 0.6) is 0 Å². The lowest BCUT2D eigenvalue weighted by molar-refractivity contribution is 0.148. The lowest BCUT2D eigenvalue weighted by Crippen LogP contribution is -2.50. The summed E-state index contributed by atoms with van der Waals surface area (Å²) in [5.41, 5.74) is 1.76. The monoisotopic (exact) mass is 361 g/mol. The number of nitrogens with zero attached hydrogens (tertiary/aromatic N) is 2. The molecule has 0 bridgehead atoms. The molecule has 0 aliphatic carbocycles. The van der Waals surface area contributed by atoms with E-state index >= 15 is 0 Å². The molecule has 1 saturated heterocycles. The number of amides is 2. The molecule has 0 radical (unpaired) electrons.